The highest BCUT2D eigenvalue weighted by Crippen LogP contribution is 2.19. The van der Waals surface area contributed by atoms with Crippen LogP contribution in [0.3, 0.4) is 0 Å². The number of rotatable bonds is 12. The zero-order chi connectivity index (χ0) is 21.8. The van der Waals surface area contributed by atoms with Crippen molar-refractivity contribution in [1.29, 1.82) is 0 Å². The molecular formula is C23H27NO6. The van der Waals surface area contributed by atoms with E-state index in [2.05, 4.69) is 6.92 Å². The molecule has 0 heterocycles. The predicted octanol–water partition coefficient (Wildman–Crippen LogP) is 5.12. The summed E-state index contributed by atoms with van der Waals surface area (Å²) in [5, 5.41) is 11.1. The molecule has 30 heavy (non-hydrogen) atoms. The fourth-order valence-corrected chi connectivity index (χ4v) is 3.02. The SMILES string of the molecule is CCCCCCCOC(=O)c1ccccc1C(=O)OCCc1ccccc1[N+](=O)[O-]. The molecule has 0 unspecified atom stereocenters. The summed E-state index contributed by atoms with van der Waals surface area (Å²) in [6.07, 6.45) is 5.40. The third-order valence-electron chi connectivity index (χ3n) is 4.64. The minimum Gasteiger partial charge on any atom is -0.462 e. The molecule has 0 atom stereocenters. The Balaban J connectivity index is 1.91. The molecule has 2 aromatic carbocycles. The fourth-order valence-electron chi connectivity index (χ4n) is 3.02. The molecule has 0 aliphatic heterocycles. The number of carbonyl (C=O) groups is 2. The number of carbonyl (C=O) groups excluding carboxylic acids is 2. The normalized spacial score (nSPS) is 10.4. The topological polar surface area (TPSA) is 95.7 Å². The van der Waals surface area contributed by atoms with Crippen LogP contribution >= 0.6 is 0 Å². The largest absolute Gasteiger partial charge is 0.462 e. The van der Waals surface area contributed by atoms with E-state index in [1.54, 1.807) is 30.3 Å². The summed E-state index contributed by atoms with van der Waals surface area (Å²) < 4.78 is 10.6. The number of hydrogen-bond acceptors (Lipinski definition) is 6. The van der Waals surface area contributed by atoms with Crippen LogP contribution < -0.4 is 0 Å². The Kier molecular flexibility index (Phi) is 9.51. The molecule has 2 aromatic rings. The lowest BCUT2D eigenvalue weighted by Crippen LogP contribution is -2.15. The molecule has 0 N–H and O–H groups in total. The molecule has 0 spiro atoms. The quantitative estimate of drug-likeness (QED) is 0.207. The van der Waals surface area contributed by atoms with Crippen LogP contribution in [0.2, 0.25) is 0 Å². The highest BCUT2D eigenvalue weighted by atomic mass is 16.6. The Morgan fingerprint density at radius 1 is 0.833 bits per heavy atom. The Morgan fingerprint density at radius 3 is 2.03 bits per heavy atom. The first-order valence-electron chi connectivity index (χ1n) is 10.2. The minimum atomic E-state index is -0.663. The van der Waals surface area contributed by atoms with E-state index in [1.165, 1.54) is 18.2 Å². The standard InChI is InChI=1S/C23H27NO6/c1-2-3-4-5-10-16-29-22(25)19-12-7-8-13-20(19)23(26)30-17-15-18-11-6-9-14-21(18)24(27)28/h6-9,11-14H,2-5,10,15-17H2,1H3. The lowest BCUT2D eigenvalue weighted by atomic mass is 10.1. The van der Waals surface area contributed by atoms with Crippen LogP contribution in [0.4, 0.5) is 5.69 Å². The Hall–Kier alpha value is -3.22. The highest BCUT2D eigenvalue weighted by molar-refractivity contribution is 6.03. The van der Waals surface area contributed by atoms with E-state index >= 15 is 0 Å². The highest BCUT2D eigenvalue weighted by Gasteiger charge is 2.19. The number of hydrogen-bond donors (Lipinski definition) is 0. The number of nitro benzene ring substituents is 1. The van der Waals surface area contributed by atoms with Crippen LogP contribution in [-0.4, -0.2) is 30.1 Å². The molecule has 0 aliphatic carbocycles. The maximum absolute atomic E-state index is 12.5. The smallest absolute Gasteiger partial charge is 0.339 e. The van der Waals surface area contributed by atoms with Gasteiger partial charge in [0.05, 0.1) is 29.3 Å². The van der Waals surface area contributed by atoms with Gasteiger partial charge in [0.15, 0.2) is 0 Å². The number of para-hydroxylation sites is 1. The maximum Gasteiger partial charge on any atom is 0.339 e. The van der Waals surface area contributed by atoms with Gasteiger partial charge in [0, 0.05) is 18.1 Å². The molecule has 0 aromatic heterocycles. The van der Waals surface area contributed by atoms with Crippen LogP contribution in [0.1, 0.15) is 65.3 Å². The number of nitro groups is 1. The van der Waals surface area contributed by atoms with Crippen molar-refractivity contribution < 1.29 is 24.0 Å². The zero-order valence-electron chi connectivity index (χ0n) is 17.2. The van der Waals surface area contributed by atoms with Gasteiger partial charge in [-0.3, -0.25) is 10.1 Å². The molecule has 0 amide bonds. The van der Waals surface area contributed by atoms with Gasteiger partial charge in [0.2, 0.25) is 0 Å². The summed E-state index contributed by atoms with van der Waals surface area (Å²) in [4.78, 5) is 35.4. The van der Waals surface area contributed by atoms with Crippen LogP contribution in [0.25, 0.3) is 0 Å². The summed E-state index contributed by atoms with van der Waals surface area (Å²) >= 11 is 0. The fraction of sp³-hybridized carbons (Fsp3) is 0.391. The van der Waals surface area contributed by atoms with Crippen LogP contribution in [0, 0.1) is 10.1 Å². The van der Waals surface area contributed by atoms with Crippen LogP contribution in [-0.2, 0) is 15.9 Å². The molecule has 160 valence electrons. The van der Waals surface area contributed by atoms with E-state index in [9.17, 15) is 19.7 Å². The van der Waals surface area contributed by atoms with E-state index in [1.807, 2.05) is 0 Å². The first-order valence-corrected chi connectivity index (χ1v) is 10.2. The molecular weight excluding hydrogens is 386 g/mol. The van der Waals surface area contributed by atoms with Gasteiger partial charge in [-0.25, -0.2) is 9.59 Å². The molecule has 0 fully saturated rings. The van der Waals surface area contributed by atoms with Gasteiger partial charge in [-0.05, 0) is 18.6 Å². The van der Waals surface area contributed by atoms with E-state index in [0.29, 0.717) is 12.2 Å². The maximum atomic E-state index is 12.5. The van der Waals surface area contributed by atoms with Crippen LogP contribution in [0.15, 0.2) is 48.5 Å². The van der Waals surface area contributed by atoms with Gasteiger partial charge in [-0.1, -0.05) is 62.9 Å². The lowest BCUT2D eigenvalue weighted by molar-refractivity contribution is -0.385. The zero-order valence-corrected chi connectivity index (χ0v) is 17.2. The van der Waals surface area contributed by atoms with Crippen molar-refractivity contribution in [2.75, 3.05) is 13.2 Å². The number of nitrogens with zero attached hydrogens (tertiary/aromatic N) is 1. The average molecular weight is 413 g/mol. The van der Waals surface area contributed by atoms with Crippen molar-refractivity contribution in [3.8, 4) is 0 Å². The van der Waals surface area contributed by atoms with Gasteiger partial charge in [-0.15, -0.1) is 0 Å². The molecule has 2 rings (SSSR count). The van der Waals surface area contributed by atoms with E-state index in [-0.39, 0.29) is 29.8 Å². The van der Waals surface area contributed by atoms with E-state index in [0.717, 1.165) is 32.1 Å². The summed E-state index contributed by atoms with van der Waals surface area (Å²) in [6, 6.07) is 12.6. The number of ether oxygens (including phenoxy) is 2. The average Bonchev–Trinajstić information content (AvgIpc) is 2.76. The van der Waals surface area contributed by atoms with Crippen LogP contribution in [0.5, 0.6) is 0 Å². The summed E-state index contributed by atoms with van der Waals surface area (Å²) in [7, 11) is 0. The first-order chi connectivity index (χ1) is 14.5. The number of unbranched alkanes of at least 4 members (excludes halogenated alkanes) is 4. The van der Waals surface area contributed by atoms with E-state index in [4.69, 9.17) is 9.47 Å². The van der Waals surface area contributed by atoms with Gasteiger partial charge in [-0.2, -0.15) is 0 Å². The summed E-state index contributed by atoms with van der Waals surface area (Å²) in [6.45, 7) is 2.41. The lowest BCUT2D eigenvalue weighted by Gasteiger charge is -2.10. The predicted molar refractivity (Wildman–Crippen MR) is 113 cm³/mol. The third-order valence-corrected chi connectivity index (χ3v) is 4.64. The monoisotopic (exact) mass is 413 g/mol. The molecule has 0 saturated carbocycles. The number of esters is 2. The van der Waals surface area contributed by atoms with E-state index < -0.39 is 16.9 Å². The van der Waals surface area contributed by atoms with Gasteiger partial charge in [0.25, 0.3) is 5.69 Å². The summed E-state index contributed by atoms with van der Waals surface area (Å²) in [5.74, 6) is -1.22. The van der Waals surface area contributed by atoms with Crippen molar-refractivity contribution >= 4 is 17.6 Å². The van der Waals surface area contributed by atoms with Crippen molar-refractivity contribution in [3.05, 3.63) is 75.3 Å². The third kappa shape index (κ3) is 6.99. The molecule has 0 saturated heterocycles. The van der Waals surface area contributed by atoms with Gasteiger partial charge < -0.3 is 9.47 Å². The van der Waals surface area contributed by atoms with Crippen molar-refractivity contribution in [2.24, 2.45) is 0 Å². The van der Waals surface area contributed by atoms with Crippen molar-refractivity contribution in [2.45, 2.75) is 45.4 Å². The Bertz CT molecular complexity index is 864. The Morgan fingerprint density at radius 2 is 1.40 bits per heavy atom. The molecule has 0 bridgehead atoms. The number of benzene rings is 2. The summed E-state index contributed by atoms with van der Waals surface area (Å²) in [5.41, 5.74) is 0.736. The van der Waals surface area contributed by atoms with Gasteiger partial charge in [0.1, 0.15) is 0 Å². The second-order valence-corrected chi connectivity index (χ2v) is 6.87. The van der Waals surface area contributed by atoms with Crippen molar-refractivity contribution in [1.82, 2.24) is 0 Å². The second-order valence-electron chi connectivity index (χ2n) is 6.87. The first kappa shape index (κ1) is 23.1. The Labute approximate surface area is 176 Å². The van der Waals surface area contributed by atoms with Gasteiger partial charge >= 0.3 is 11.9 Å². The van der Waals surface area contributed by atoms with Crippen molar-refractivity contribution in [3.63, 3.8) is 0 Å². The molecule has 7 heteroatoms. The molecule has 7 nitrogen and oxygen atoms in total. The minimum absolute atomic E-state index is 0.0172. The second kappa shape index (κ2) is 12.4. The molecule has 0 radical (unpaired) electrons. The molecule has 0 aliphatic rings.